The summed E-state index contributed by atoms with van der Waals surface area (Å²) in [4.78, 5) is 24.9. The number of nitrogens with one attached hydrogen (secondary N) is 1. The Morgan fingerprint density at radius 2 is 1.42 bits per heavy atom. The van der Waals surface area contributed by atoms with E-state index < -0.39 is 5.91 Å². The molecule has 0 aromatic heterocycles. The molecule has 3 N–H and O–H groups in total. The van der Waals surface area contributed by atoms with E-state index in [9.17, 15) is 9.59 Å². The van der Waals surface area contributed by atoms with Crippen molar-refractivity contribution in [2.45, 2.75) is 103 Å². The Kier molecular flexibility index (Phi) is 9.16. The smallest absolute Gasteiger partial charge is 0.255 e. The molecule has 2 amide bonds. The molecule has 0 saturated carbocycles. The van der Waals surface area contributed by atoms with Gasteiger partial charge in [-0.3, -0.25) is 9.59 Å². The van der Waals surface area contributed by atoms with Crippen molar-refractivity contribution < 1.29 is 9.59 Å². The summed E-state index contributed by atoms with van der Waals surface area (Å²) in [5.41, 5.74) is 11.1. The first-order valence-electron chi connectivity index (χ1n) is 13.6. The zero-order valence-electron chi connectivity index (χ0n) is 22.9. The quantitative estimate of drug-likeness (QED) is 0.249. The molecule has 4 heteroatoms. The highest BCUT2D eigenvalue weighted by Crippen LogP contribution is 2.46. The van der Waals surface area contributed by atoms with Gasteiger partial charge in [0.15, 0.2) is 0 Å². The number of allylic oxidation sites excluding steroid dienone is 1. The second kappa shape index (κ2) is 11.9. The average molecular weight is 489 g/mol. The fraction of sp³-hybridized carbons (Fsp3) is 0.500. The number of hydrogen-bond acceptors (Lipinski definition) is 2. The molecule has 0 unspecified atom stereocenters. The number of carbonyl (C=O) groups excluding carboxylic acids is 2. The van der Waals surface area contributed by atoms with Crippen LogP contribution in [-0.2, 0) is 15.6 Å². The Bertz CT molecular complexity index is 1090. The minimum atomic E-state index is -0.480. The van der Waals surface area contributed by atoms with E-state index in [1.807, 2.05) is 0 Å². The maximum Gasteiger partial charge on any atom is 0.255 e. The standard InChI is InChI=1S/C32H44N2O2/c1-6-7-8-9-10-11-12-13-26(30(36)34-25-17-14-23(15-18-25)29(33)35)24-16-19-27-28(22-24)32(4,5)21-20-31(27,2)3/h13-19,22H,6-12,20-21H2,1-5H3,(H2,33,35)(H,34,36). The summed E-state index contributed by atoms with van der Waals surface area (Å²) in [6.07, 6.45) is 12.6. The monoisotopic (exact) mass is 488 g/mol. The minimum Gasteiger partial charge on any atom is -0.366 e. The van der Waals surface area contributed by atoms with Crippen LogP contribution >= 0.6 is 0 Å². The molecule has 194 valence electrons. The molecule has 36 heavy (non-hydrogen) atoms. The normalized spacial score (nSPS) is 16.3. The molecular formula is C32H44N2O2. The molecule has 3 rings (SSSR count). The lowest BCUT2D eigenvalue weighted by Crippen LogP contribution is -2.34. The number of primary amides is 1. The molecule has 0 radical (unpaired) electrons. The van der Waals surface area contributed by atoms with E-state index in [-0.39, 0.29) is 16.7 Å². The Balaban J connectivity index is 1.88. The third-order valence-electron chi connectivity index (χ3n) is 7.74. The van der Waals surface area contributed by atoms with Crippen LogP contribution in [0.4, 0.5) is 5.69 Å². The molecule has 0 fully saturated rings. The van der Waals surface area contributed by atoms with Gasteiger partial charge in [-0.15, -0.1) is 0 Å². The summed E-state index contributed by atoms with van der Waals surface area (Å²) in [7, 11) is 0. The second-order valence-corrected chi connectivity index (χ2v) is 11.6. The number of nitrogens with two attached hydrogens (primary N) is 1. The van der Waals surface area contributed by atoms with Crippen molar-refractivity contribution in [2.75, 3.05) is 5.32 Å². The zero-order valence-corrected chi connectivity index (χ0v) is 22.9. The predicted molar refractivity (Wildman–Crippen MR) is 151 cm³/mol. The van der Waals surface area contributed by atoms with Crippen LogP contribution in [0.2, 0.25) is 0 Å². The van der Waals surface area contributed by atoms with Gasteiger partial charge in [0, 0.05) is 16.8 Å². The maximum absolute atomic E-state index is 13.5. The van der Waals surface area contributed by atoms with Crippen molar-refractivity contribution in [1.29, 1.82) is 0 Å². The molecule has 1 aliphatic carbocycles. The Morgan fingerprint density at radius 3 is 2.06 bits per heavy atom. The third-order valence-corrected chi connectivity index (χ3v) is 7.74. The largest absolute Gasteiger partial charge is 0.366 e. The summed E-state index contributed by atoms with van der Waals surface area (Å²) in [5.74, 6) is -0.604. The molecule has 0 atom stereocenters. The van der Waals surface area contributed by atoms with Gasteiger partial charge in [0.25, 0.3) is 5.91 Å². The summed E-state index contributed by atoms with van der Waals surface area (Å²) < 4.78 is 0. The van der Waals surface area contributed by atoms with Crippen molar-refractivity contribution in [3.05, 3.63) is 70.8 Å². The number of amides is 2. The van der Waals surface area contributed by atoms with Gasteiger partial charge in [-0.25, -0.2) is 0 Å². The van der Waals surface area contributed by atoms with Crippen molar-refractivity contribution >= 4 is 23.1 Å². The van der Waals surface area contributed by atoms with Gasteiger partial charge in [-0.05, 0) is 77.5 Å². The lowest BCUT2D eigenvalue weighted by molar-refractivity contribution is -0.111. The maximum atomic E-state index is 13.5. The molecule has 0 spiro atoms. The van der Waals surface area contributed by atoms with Crippen molar-refractivity contribution in [3.63, 3.8) is 0 Å². The van der Waals surface area contributed by atoms with Gasteiger partial charge in [-0.2, -0.15) is 0 Å². The lowest BCUT2D eigenvalue weighted by Gasteiger charge is -2.42. The van der Waals surface area contributed by atoms with Crippen molar-refractivity contribution in [2.24, 2.45) is 5.73 Å². The number of carbonyl (C=O) groups is 2. The van der Waals surface area contributed by atoms with Gasteiger partial charge >= 0.3 is 0 Å². The first-order valence-corrected chi connectivity index (χ1v) is 13.6. The Morgan fingerprint density at radius 1 is 0.833 bits per heavy atom. The highest BCUT2D eigenvalue weighted by molar-refractivity contribution is 6.25. The number of benzene rings is 2. The summed E-state index contributed by atoms with van der Waals surface area (Å²) >= 11 is 0. The molecule has 0 saturated heterocycles. The van der Waals surface area contributed by atoms with Gasteiger partial charge in [0.1, 0.15) is 0 Å². The van der Waals surface area contributed by atoms with Crippen LogP contribution < -0.4 is 11.1 Å². The van der Waals surface area contributed by atoms with Crippen LogP contribution in [0.25, 0.3) is 5.57 Å². The summed E-state index contributed by atoms with van der Waals surface area (Å²) in [5, 5.41) is 3.03. The highest BCUT2D eigenvalue weighted by Gasteiger charge is 2.37. The third kappa shape index (κ3) is 6.87. The topological polar surface area (TPSA) is 72.2 Å². The predicted octanol–water partition coefficient (Wildman–Crippen LogP) is 7.91. The van der Waals surface area contributed by atoms with E-state index in [4.69, 9.17) is 5.73 Å². The van der Waals surface area contributed by atoms with Gasteiger partial charge in [-0.1, -0.05) is 91.0 Å². The lowest BCUT2D eigenvalue weighted by atomic mass is 9.63. The van der Waals surface area contributed by atoms with Crippen LogP contribution in [0.3, 0.4) is 0 Å². The van der Waals surface area contributed by atoms with Crippen molar-refractivity contribution in [3.8, 4) is 0 Å². The Labute approximate surface area is 217 Å². The second-order valence-electron chi connectivity index (χ2n) is 11.6. The summed E-state index contributed by atoms with van der Waals surface area (Å²) in [6.45, 7) is 11.5. The summed E-state index contributed by atoms with van der Waals surface area (Å²) in [6, 6.07) is 13.3. The zero-order chi connectivity index (χ0) is 26.3. The van der Waals surface area contributed by atoms with E-state index in [0.29, 0.717) is 16.8 Å². The molecule has 2 aromatic rings. The molecule has 0 bridgehead atoms. The number of fused-ring (bicyclic) bond motifs is 1. The molecule has 2 aromatic carbocycles. The first kappa shape index (κ1) is 27.7. The van der Waals surface area contributed by atoms with Gasteiger partial charge in [0.2, 0.25) is 5.91 Å². The van der Waals surface area contributed by atoms with E-state index in [2.05, 4.69) is 64.2 Å². The minimum absolute atomic E-state index is 0.0757. The van der Waals surface area contributed by atoms with Crippen LogP contribution in [0, 0.1) is 0 Å². The van der Waals surface area contributed by atoms with Crippen LogP contribution in [-0.4, -0.2) is 11.8 Å². The molecule has 0 aliphatic heterocycles. The van der Waals surface area contributed by atoms with Gasteiger partial charge < -0.3 is 11.1 Å². The van der Waals surface area contributed by atoms with E-state index in [1.54, 1.807) is 24.3 Å². The molecular weight excluding hydrogens is 444 g/mol. The molecule has 0 heterocycles. The molecule has 4 nitrogen and oxygen atoms in total. The van der Waals surface area contributed by atoms with Crippen LogP contribution in [0.15, 0.2) is 48.5 Å². The number of anilines is 1. The van der Waals surface area contributed by atoms with Crippen molar-refractivity contribution in [1.82, 2.24) is 0 Å². The average Bonchev–Trinajstić information content (AvgIpc) is 2.84. The SMILES string of the molecule is CCCCCCCCC=C(C(=O)Nc1ccc(C(N)=O)cc1)c1ccc2c(c1)C(C)(C)CCC2(C)C. The van der Waals surface area contributed by atoms with E-state index >= 15 is 0 Å². The first-order chi connectivity index (χ1) is 17.0. The molecule has 1 aliphatic rings. The van der Waals surface area contributed by atoms with E-state index in [1.165, 1.54) is 43.2 Å². The fourth-order valence-electron chi connectivity index (χ4n) is 5.19. The highest BCUT2D eigenvalue weighted by atomic mass is 16.2. The number of unbranched alkanes of at least 4 members (excludes halogenated alkanes) is 6. The fourth-order valence-corrected chi connectivity index (χ4v) is 5.19. The number of hydrogen-bond donors (Lipinski definition) is 2. The van der Waals surface area contributed by atoms with Gasteiger partial charge in [0.05, 0.1) is 0 Å². The van der Waals surface area contributed by atoms with Crippen LogP contribution in [0.5, 0.6) is 0 Å². The van der Waals surface area contributed by atoms with Crippen LogP contribution in [0.1, 0.15) is 119 Å². The number of rotatable bonds is 11. The van der Waals surface area contributed by atoms with E-state index in [0.717, 1.165) is 31.2 Å². The Hall–Kier alpha value is -2.88.